The van der Waals surface area contributed by atoms with Crippen molar-refractivity contribution in [2.75, 3.05) is 0 Å². The van der Waals surface area contributed by atoms with Crippen molar-refractivity contribution in [3.05, 3.63) is 129 Å². The molecule has 11 nitrogen and oxygen atoms in total. The van der Waals surface area contributed by atoms with Crippen LogP contribution in [-0.2, 0) is 41.7 Å². The average molecular weight is 1060 g/mol. The largest absolute Gasteiger partial charge is 2.00 e. The Kier molecular flexibility index (Phi) is 22.8. The molecule has 0 N–H and O–H groups in total. The van der Waals surface area contributed by atoms with Crippen LogP contribution in [0.15, 0.2) is 96.8 Å². The van der Waals surface area contributed by atoms with Gasteiger partial charge in [-0.2, -0.15) is 18.3 Å². The molecule has 18 heteroatoms. The minimum atomic E-state index is -4.50. The average Bonchev–Trinajstić information content (AvgIpc) is 4.13. The molecule has 7 aromatic heterocycles. The van der Waals surface area contributed by atoms with E-state index < -0.39 is 11.9 Å². The fourth-order valence-corrected chi connectivity index (χ4v) is 7.92. The number of thiophene rings is 2. The van der Waals surface area contributed by atoms with Crippen LogP contribution >= 0.6 is 34.9 Å². The number of isothiocyanates is 1. The van der Waals surface area contributed by atoms with Crippen molar-refractivity contribution in [1.82, 2.24) is 30.1 Å². The first-order valence-corrected chi connectivity index (χ1v) is 23.1. The topological polar surface area (TPSA) is 153 Å². The first-order chi connectivity index (χ1) is 32.6. The molecular formula is C50H42F3N7O4RuS3. The molecule has 7 aromatic rings. The van der Waals surface area contributed by atoms with Crippen LogP contribution in [0.4, 0.5) is 13.2 Å². The molecule has 0 amide bonds. The molecule has 7 rings (SSSR count). The molecule has 0 unspecified atom stereocenters. The molecule has 0 aromatic carbocycles. The van der Waals surface area contributed by atoms with Gasteiger partial charge in [-0.15, -0.1) is 22.7 Å². The zero-order valence-corrected chi connectivity index (χ0v) is 40.9. The van der Waals surface area contributed by atoms with Crippen LogP contribution in [0.25, 0.3) is 50.0 Å². The van der Waals surface area contributed by atoms with Crippen LogP contribution in [0.3, 0.4) is 0 Å². The Labute approximate surface area is 418 Å². The number of unbranched alkanes of at least 4 members (excludes halogenated alkanes) is 6. The van der Waals surface area contributed by atoms with E-state index in [2.05, 4.69) is 91.3 Å². The molecule has 0 saturated heterocycles. The number of alkyl halides is 3. The number of thiocarbonyl (C=S) groups is 1. The van der Waals surface area contributed by atoms with Crippen molar-refractivity contribution in [1.29, 1.82) is 0 Å². The van der Waals surface area contributed by atoms with Crippen molar-refractivity contribution in [2.24, 2.45) is 0 Å². The number of aromatic nitrogens is 6. The van der Waals surface area contributed by atoms with Crippen molar-refractivity contribution in [2.45, 2.75) is 77.8 Å². The van der Waals surface area contributed by atoms with E-state index in [0.717, 1.165) is 57.5 Å². The molecule has 7 heterocycles. The summed E-state index contributed by atoms with van der Waals surface area (Å²) >= 11 is 6.90. The summed E-state index contributed by atoms with van der Waals surface area (Å²) in [5.41, 5.74) is 4.36. The number of hydrogen-bond acceptors (Lipinski definition) is 12. The van der Waals surface area contributed by atoms with E-state index in [4.69, 9.17) is 14.9 Å². The van der Waals surface area contributed by atoms with E-state index in [9.17, 15) is 22.8 Å². The van der Waals surface area contributed by atoms with Crippen molar-refractivity contribution < 1.29 is 51.7 Å². The summed E-state index contributed by atoms with van der Waals surface area (Å²) in [7, 11) is 0. The van der Waals surface area contributed by atoms with Gasteiger partial charge in [0.05, 0.1) is 38.2 Å². The Morgan fingerprint density at radius 3 is 2.06 bits per heavy atom. The maximum atomic E-state index is 12.7. The van der Waals surface area contributed by atoms with Crippen molar-refractivity contribution >= 4 is 53.0 Å². The third-order valence-electron chi connectivity index (χ3n) is 9.40. The van der Waals surface area contributed by atoms with E-state index in [0.29, 0.717) is 47.2 Å². The molecule has 0 spiro atoms. The fraction of sp³-hybridized carbons (Fsp3) is 0.240. The standard InChI is InChI=1S/C30H23N3O4S.C19H19F3N3S.CNS.Ru/c1-2-3-4-5-6-7-25-10-11-26(38-25)9-8-22-12-14-31-27(16-22)29-18-24(37-21-35)19-30(33-29)28-17-23(36-20-34)13-15-32-28;1-2-3-4-5-6-13-8-10-26-18(13)14-7-9-23-15(11-14)16-12-17(25-24-16)19(20,21)22;2-1-3;/h10-21H,2-5H2,1H3;7-12H,2-6H2,1H3;;/q;2*-1;+2. The van der Waals surface area contributed by atoms with E-state index in [-0.39, 0.29) is 30.9 Å². The maximum absolute atomic E-state index is 12.7. The second-order valence-electron chi connectivity index (χ2n) is 14.2. The summed E-state index contributed by atoms with van der Waals surface area (Å²) in [5, 5.41) is 17.4. The van der Waals surface area contributed by atoms with Gasteiger partial charge >= 0.3 is 25.7 Å². The molecule has 0 aliphatic rings. The second kappa shape index (κ2) is 28.6. The molecule has 68 heavy (non-hydrogen) atoms. The van der Waals surface area contributed by atoms with Crippen LogP contribution in [0.5, 0.6) is 11.5 Å². The number of nitrogens with zero attached hydrogens (tertiary/aromatic N) is 7. The zero-order valence-electron chi connectivity index (χ0n) is 36.7. The molecule has 348 valence electrons. The Morgan fingerprint density at radius 2 is 1.37 bits per heavy atom. The minimum Gasteiger partial charge on any atom is -0.753 e. The Balaban J connectivity index is 0.000000293. The summed E-state index contributed by atoms with van der Waals surface area (Å²) < 4.78 is 48.2. The van der Waals surface area contributed by atoms with Gasteiger partial charge < -0.3 is 25.1 Å². The number of aryl methyl sites for hydroxylation is 1. The molecule has 0 atom stereocenters. The number of hydrogen-bond donors (Lipinski definition) is 0. The van der Waals surface area contributed by atoms with Gasteiger partial charge in [0.25, 0.3) is 12.9 Å². The number of ether oxygens (including phenoxy) is 2. The van der Waals surface area contributed by atoms with Gasteiger partial charge in [0.15, 0.2) is 0 Å². The summed E-state index contributed by atoms with van der Waals surface area (Å²) in [4.78, 5) is 42.3. The molecule has 0 saturated carbocycles. The number of rotatable bonds is 16. The van der Waals surface area contributed by atoms with Crippen LogP contribution in [-0.4, -0.2) is 43.1 Å². The summed E-state index contributed by atoms with van der Waals surface area (Å²) in [6.45, 7) is 5.04. The monoisotopic (exact) mass is 1060 g/mol. The molecule has 0 radical (unpaired) electrons. The molecule has 0 fully saturated rings. The van der Waals surface area contributed by atoms with Crippen molar-refractivity contribution in [3.8, 4) is 79.8 Å². The van der Waals surface area contributed by atoms with E-state index in [1.54, 1.807) is 65.4 Å². The first kappa shape index (κ1) is 54.1. The van der Waals surface area contributed by atoms with Crippen LogP contribution < -0.4 is 14.6 Å². The van der Waals surface area contributed by atoms with Gasteiger partial charge in [-0.3, -0.25) is 24.5 Å². The summed E-state index contributed by atoms with van der Waals surface area (Å²) in [5.74, 6) is 13.4. The van der Waals surface area contributed by atoms with Crippen LogP contribution in [0.1, 0.15) is 91.8 Å². The Bertz CT molecular complexity index is 2890. The maximum Gasteiger partial charge on any atom is 2.00 e. The minimum absolute atomic E-state index is 0. The number of carbonyl (C=O) groups is 2. The van der Waals surface area contributed by atoms with Gasteiger partial charge in [-0.25, -0.2) is 4.98 Å². The van der Waals surface area contributed by atoms with Gasteiger partial charge in [0.2, 0.25) is 0 Å². The smallest absolute Gasteiger partial charge is 0.753 e. The molecule has 0 aliphatic heterocycles. The second-order valence-corrected chi connectivity index (χ2v) is 16.4. The van der Waals surface area contributed by atoms with Crippen LogP contribution in [0, 0.1) is 23.7 Å². The van der Waals surface area contributed by atoms with Gasteiger partial charge in [0.1, 0.15) is 17.2 Å². The third-order valence-corrected chi connectivity index (χ3v) is 11.3. The molecular weight excluding hydrogens is 1020 g/mol. The van der Waals surface area contributed by atoms with Crippen molar-refractivity contribution in [3.63, 3.8) is 0 Å². The Morgan fingerprint density at radius 1 is 0.735 bits per heavy atom. The van der Waals surface area contributed by atoms with Gasteiger partial charge in [-0.05, 0) is 90.4 Å². The summed E-state index contributed by atoms with van der Waals surface area (Å²) in [6, 6.07) is 20.6. The third kappa shape index (κ3) is 17.0. The van der Waals surface area contributed by atoms with Gasteiger partial charge in [-0.1, -0.05) is 87.5 Å². The molecule has 0 bridgehead atoms. The first-order valence-electron chi connectivity index (χ1n) is 21.0. The normalized spacial score (nSPS) is 10.2. The zero-order chi connectivity index (χ0) is 47.9. The predicted molar refractivity (Wildman–Crippen MR) is 258 cm³/mol. The van der Waals surface area contributed by atoms with Gasteiger partial charge in [0, 0.05) is 53.7 Å². The van der Waals surface area contributed by atoms with E-state index >= 15 is 0 Å². The van der Waals surface area contributed by atoms with E-state index in [1.807, 2.05) is 30.3 Å². The fourth-order valence-electron chi connectivity index (χ4n) is 6.24. The Hall–Kier alpha value is -6.52. The summed E-state index contributed by atoms with van der Waals surface area (Å²) in [6.07, 6.45) is 10.5. The SMILES string of the molecule is CCCCCC#Cc1ccc(C#Cc2ccnc(-c3cc(OC=O)cc(-c4cc(OC=O)ccn4)n3)c2)s1.CCCCCCc1ccsc1-c1ccnc(-c2cc(C(F)(F)F)n[n-]2)c1.[N-]=C=S.[Ru+2]. The predicted octanol–water partition coefficient (Wildman–Crippen LogP) is 12.3. The number of halogens is 3. The quantitative estimate of drug-likeness (QED) is 0.0227. The number of carbonyl (C=O) groups excluding carboxylic acids is 2. The molecule has 0 aliphatic carbocycles. The number of pyridine rings is 4. The van der Waals surface area contributed by atoms with E-state index in [1.165, 1.54) is 49.0 Å². The van der Waals surface area contributed by atoms with Crippen LogP contribution in [0.2, 0.25) is 0 Å².